The minimum Gasteiger partial charge on any atom is -0.372 e. The summed E-state index contributed by atoms with van der Waals surface area (Å²) < 4.78 is 0. The number of nitrogens with zero attached hydrogens (tertiary/aromatic N) is 1. The average molecular weight is 273 g/mol. The third-order valence-electron chi connectivity index (χ3n) is 2.64. The average Bonchev–Trinajstić information content (AvgIpc) is 2.47. The molecule has 0 spiro atoms. The smallest absolute Gasteiger partial charge is 0.259 e. The minimum absolute atomic E-state index is 0.168. The van der Waals surface area contributed by atoms with E-state index in [-0.39, 0.29) is 5.91 Å². The molecule has 19 heavy (non-hydrogen) atoms. The van der Waals surface area contributed by atoms with Crippen LogP contribution >= 0.6 is 11.8 Å². The molecular formula is C14H15N3OS. The first-order valence-electron chi connectivity index (χ1n) is 5.83. The van der Waals surface area contributed by atoms with E-state index in [2.05, 4.69) is 15.6 Å². The summed E-state index contributed by atoms with van der Waals surface area (Å²) >= 11 is 1.60. The minimum atomic E-state index is -0.168. The molecule has 2 aromatic rings. The molecule has 0 unspecified atom stereocenters. The van der Waals surface area contributed by atoms with Crippen molar-refractivity contribution in [1.82, 2.24) is 4.98 Å². The summed E-state index contributed by atoms with van der Waals surface area (Å²) in [5.41, 5.74) is 1.34. The lowest BCUT2D eigenvalue weighted by Gasteiger charge is -2.11. The Balaban J connectivity index is 2.26. The Kier molecular flexibility index (Phi) is 4.41. The van der Waals surface area contributed by atoms with Gasteiger partial charge in [-0.15, -0.1) is 11.8 Å². The Bertz CT molecular complexity index is 586. The maximum absolute atomic E-state index is 12.3. The second-order valence-corrected chi connectivity index (χ2v) is 4.65. The van der Waals surface area contributed by atoms with Gasteiger partial charge in [0.15, 0.2) is 0 Å². The molecule has 2 N–H and O–H groups in total. The summed E-state index contributed by atoms with van der Waals surface area (Å²) in [6.07, 6.45) is 3.63. The molecule has 4 nitrogen and oxygen atoms in total. The lowest BCUT2D eigenvalue weighted by molar-refractivity contribution is 0.102. The molecule has 1 amide bonds. The normalized spacial score (nSPS) is 10.0. The summed E-state index contributed by atoms with van der Waals surface area (Å²) in [7, 11) is 1.74. The van der Waals surface area contributed by atoms with Gasteiger partial charge in [0.25, 0.3) is 5.91 Å². The lowest BCUT2D eigenvalue weighted by atomic mass is 10.2. The second-order valence-electron chi connectivity index (χ2n) is 3.80. The van der Waals surface area contributed by atoms with Crippen LogP contribution < -0.4 is 10.6 Å². The maximum Gasteiger partial charge on any atom is 0.259 e. The molecule has 1 aromatic carbocycles. The maximum atomic E-state index is 12.3. The predicted octanol–water partition coefficient (Wildman–Crippen LogP) is 3.10. The number of hydrogen-bond donors (Lipinski definition) is 2. The number of carbonyl (C=O) groups excluding carboxylic acids is 1. The zero-order chi connectivity index (χ0) is 13.7. The number of anilines is 2. The third-order valence-corrected chi connectivity index (χ3v) is 3.44. The molecule has 0 saturated heterocycles. The van der Waals surface area contributed by atoms with Crippen LogP contribution in [0.1, 0.15) is 10.4 Å². The molecule has 0 aliphatic heterocycles. The summed E-state index contributed by atoms with van der Waals surface area (Å²) in [6, 6.07) is 11.2. The molecule has 0 bridgehead atoms. The first-order valence-corrected chi connectivity index (χ1v) is 7.06. The molecule has 98 valence electrons. The fourth-order valence-corrected chi connectivity index (χ4v) is 2.28. The standard InChI is InChI=1S/C14H15N3OS/c1-15-13-10(6-5-9-16-13)14(18)17-11-7-3-4-8-12(11)19-2/h3-9H,1-2H3,(H,15,16)(H,17,18). The van der Waals surface area contributed by atoms with E-state index in [0.29, 0.717) is 11.4 Å². The van der Waals surface area contributed by atoms with Gasteiger partial charge in [-0.1, -0.05) is 12.1 Å². The highest BCUT2D eigenvalue weighted by atomic mass is 32.2. The van der Waals surface area contributed by atoms with Crippen molar-refractivity contribution in [2.24, 2.45) is 0 Å². The van der Waals surface area contributed by atoms with Crippen molar-refractivity contribution in [1.29, 1.82) is 0 Å². The van der Waals surface area contributed by atoms with Crippen LogP contribution in [0.5, 0.6) is 0 Å². The van der Waals surface area contributed by atoms with E-state index in [9.17, 15) is 4.79 Å². The van der Waals surface area contributed by atoms with E-state index in [1.807, 2.05) is 30.5 Å². The molecule has 0 saturated carbocycles. The van der Waals surface area contributed by atoms with Crippen LogP contribution in [0.15, 0.2) is 47.5 Å². The van der Waals surface area contributed by atoms with Crippen LogP contribution in [0.4, 0.5) is 11.5 Å². The van der Waals surface area contributed by atoms with E-state index < -0.39 is 0 Å². The number of hydrogen-bond acceptors (Lipinski definition) is 4. The van der Waals surface area contributed by atoms with Crippen molar-refractivity contribution >= 4 is 29.2 Å². The fraction of sp³-hybridized carbons (Fsp3) is 0.143. The summed E-state index contributed by atoms with van der Waals surface area (Å²) in [6.45, 7) is 0. The zero-order valence-corrected chi connectivity index (χ0v) is 11.6. The number of benzene rings is 1. The van der Waals surface area contributed by atoms with Crippen LogP contribution in [0.25, 0.3) is 0 Å². The quantitative estimate of drug-likeness (QED) is 0.840. The Labute approximate surface area is 116 Å². The first-order chi connectivity index (χ1) is 9.26. The van der Waals surface area contributed by atoms with E-state index in [1.165, 1.54) is 0 Å². The van der Waals surface area contributed by atoms with Gasteiger partial charge in [-0.2, -0.15) is 0 Å². The van der Waals surface area contributed by atoms with Gasteiger partial charge < -0.3 is 10.6 Å². The highest BCUT2D eigenvalue weighted by Crippen LogP contribution is 2.25. The van der Waals surface area contributed by atoms with Gasteiger partial charge in [0.2, 0.25) is 0 Å². The van der Waals surface area contributed by atoms with Gasteiger partial charge in [0, 0.05) is 18.1 Å². The molecule has 1 heterocycles. The highest BCUT2D eigenvalue weighted by molar-refractivity contribution is 7.98. The molecule has 0 aliphatic carbocycles. The summed E-state index contributed by atoms with van der Waals surface area (Å²) in [4.78, 5) is 17.4. The van der Waals surface area contributed by atoms with Crippen LogP contribution in [-0.4, -0.2) is 24.2 Å². The van der Waals surface area contributed by atoms with Gasteiger partial charge in [0.1, 0.15) is 5.82 Å². The molecule has 0 aliphatic rings. The van der Waals surface area contributed by atoms with Crippen LogP contribution in [0.2, 0.25) is 0 Å². The Morgan fingerprint density at radius 2 is 2.00 bits per heavy atom. The monoisotopic (exact) mass is 273 g/mol. The number of thioether (sulfide) groups is 1. The molecule has 0 fully saturated rings. The predicted molar refractivity (Wildman–Crippen MR) is 80.0 cm³/mol. The molecule has 0 radical (unpaired) electrons. The summed E-state index contributed by atoms with van der Waals surface area (Å²) in [5.74, 6) is 0.403. The Morgan fingerprint density at radius 3 is 2.74 bits per heavy atom. The number of nitrogens with one attached hydrogen (secondary N) is 2. The van der Waals surface area contributed by atoms with E-state index in [4.69, 9.17) is 0 Å². The van der Waals surface area contributed by atoms with Crippen LogP contribution in [0.3, 0.4) is 0 Å². The molecule has 1 aromatic heterocycles. The number of pyridine rings is 1. The molecular weight excluding hydrogens is 258 g/mol. The van der Waals surface area contributed by atoms with Gasteiger partial charge in [0.05, 0.1) is 11.3 Å². The third kappa shape index (κ3) is 3.06. The van der Waals surface area contributed by atoms with Crippen molar-refractivity contribution in [3.05, 3.63) is 48.2 Å². The van der Waals surface area contributed by atoms with Crippen molar-refractivity contribution in [2.45, 2.75) is 4.90 Å². The van der Waals surface area contributed by atoms with Gasteiger partial charge >= 0.3 is 0 Å². The summed E-state index contributed by atoms with van der Waals surface area (Å²) in [5, 5.41) is 5.83. The van der Waals surface area contributed by atoms with Crippen molar-refractivity contribution in [2.75, 3.05) is 23.9 Å². The Hall–Kier alpha value is -2.01. The molecule has 2 rings (SSSR count). The topological polar surface area (TPSA) is 54.0 Å². The highest BCUT2D eigenvalue weighted by Gasteiger charge is 2.12. The van der Waals surface area contributed by atoms with E-state index in [0.717, 1.165) is 10.6 Å². The fourth-order valence-electron chi connectivity index (χ4n) is 1.73. The van der Waals surface area contributed by atoms with E-state index >= 15 is 0 Å². The number of carbonyl (C=O) groups is 1. The number of para-hydroxylation sites is 1. The number of rotatable bonds is 4. The van der Waals surface area contributed by atoms with Crippen LogP contribution in [0, 0.1) is 0 Å². The molecule has 5 heteroatoms. The molecule has 0 atom stereocenters. The van der Waals surface area contributed by atoms with Crippen LogP contribution in [-0.2, 0) is 0 Å². The van der Waals surface area contributed by atoms with E-state index in [1.54, 1.807) is 37.1 Å². The Morgan fingerprint density at radius 1 is 1.21 bits per heavy atom. The first kappa shape index (κ1) is 13.4. The number of aromatic nitrogens is 1. The lowest BCUT2D eigenvalue weighted by Crippen LogP contribution is -2.15. The zero-order valence-electron chi connectivity index (χ0n) is 10.8. The van der Waals surface area contributed by atoms with Crippen molar-refractivity contribution in [3.8, 4) is 0 Å². The van der Waals surface area contributed by atoms with Gasteiger partial charge in [-0.3, -0.25) is 4.79 Å². The van der Waals surface area contributed by atoms with Gasteiger partial charge in [-0.25, -0.2) is 4.98 Å². The van der Waals surface area contributed by atoms with Gasteiger partial charge in [-0.05, 0) is 30.5 Å². The second kappa shape index (κ2) is 6.24. The SMILES string of the molecule is CNc1ncccc1C(=O)Nc1ccccc1SC. The van der Waals surface area contributed by atoms with Crippen molar-refractivity contribution in [3.63, 3.8) is 0 Å². The van der Waals surface area contributed by atoms with Crippen molar-refractivity contribution < 1.29 is 4.79 Å². The number of amides is 1. The largest absolute Gasteiger partial charge is 0.372 e.